The van der Waals surface area contributed by atoms with Crippen molar-refractivity contribution < 1.29 is 0 Å². The standard InChI is InChI=1S/C15H12N2O/c18-15-12-5-1-4-10(12)11-7-6-9-3-2-8-16-13(9)14(11)17-15/h2-3,6-8H,1,4-5H2,(H,17,18). The number of aromatic nitrogens is 2. The van der Waals surface area contributed by atoms with Crippen LogP contribution in [-0.4, -0.2) is 9.97 Å². The number of pyridine rings is 2. The van der Waals surface area contributed by atoms with E-state index in [9.17, 15) is 4.79 Å². The van der Waals surface area contributed by atoms with Gasteiger partial charge in [-0.05, 0) is 30.9 Å². The third-order valence-electron chi connectivity index (χ3n) is 3.83. The number of aryl methyl sites for hydroxylation is 1. The van der Waals surface area contributed by atoms with E-state index in [0.717, 1.165) is 46.6 Å². The fraction of sp³-hybridized carbons (Fsp3) is 0.200. The molecule has 1 N–H and O–H groups in total. The number of hydrogen-bond acceptors (Lipinski definition) is 2. The number of nitrogens with zero attached hydrogens (tertiary/aromatic N) is 1. The minimum absolute atomic E-state index is 0.0631. The van der Waals surface area contributed by atoms with Gasteiger partial charge in [0.1, 0.15) is 0 Å². The quantitative estimate of drug-likeness (QED) is 0.610. The van der Waals surface area contributed by atoms with Crippen LogP contribution in [0.3, 0.4) is 0 Å². The Kier molecular flexibility index (Phi) is 1.87. The summed E-state index contributed by atoms with van der Waals surface area (Å²) in [7, 11) is 0. The third-order valence-corrected chi connectivity index (χ3v) is 3.83. The highest BCUT2D eigenvalue weighted by atomic mass is 16.1. The minimum Gasteiger partial charge on any atom is -0.320 e. The SMILES string of the molecule is O=c1[nH]c2c(ccc3cccnc32)c2c1CCC2. The second-order valence-electron chi connectivity index (χ2n) is 4.83. The summed E-state index contributed by atoms with van der Waals surface area (Å²) in [5.74, 6) is 0. The first-order valence-corrected chi connectivity index (χ1v) is 6.26. The summed E-state index contributed by atoms with van der Waals surface area (Å²) in [5.41, 5.74) is 4.03. The molecule has 0 aliphatic heterocycles. The van der Waals surface area contributed by atoms with Crippen LogP contribution >= 0.6 is 0 Å². The fourth-order valence-electron chi connectivity index (χ4n) is 3.00. The number of nitrogens with one attached hydrogen (secondary N) is 1. The van der Waals surface area contributed by atoms with E-state index in [0.29, 0.717) is 0 Å². The number of fused-ring (bicyclic) bond motifs is 5. The zero-order valence-electron chi connectivity index (χ0n) is 9.86. The van der Waals surface area contributed by atoms with E-state index in [1.165, 1.54) is 5.56 Å². The number of rotatable bonds is 0. The summed E-state index contributed by atoms with van der Waals surface area (Å²) in [6.45, 7) is 0. The molecular formula is C15H12N2O. The van der Waals surface area contributed by atoms with Gasteiger partial charge >= 0.3 is 0 Å². The number of benzene rings is 1. The Morgan fingerprint density at radius 2 is 2.00 bits per heavy atom. The Labute approximate surface area is 103 Å². The molecule has 0 saturated carbocycles. The van der Waals surface area contributed by atoms with Crippen molar-refractivity contribution in [1.82, 2.24) is 9.97 Å². The van der Waals surface area contributed by atoms with Crippen molar-refractivity contribution >= 4 is 21.8 Å². The highest BCUT2D eigenvalue weighted by Gasteiger charge is 2.18. The van der Waals surface area contributed by atoms with Gasteiger partial charge in [0.15, 0.2) is 0 Å². The molecule has 3 nitrogen and oxygen atoms in total. The summed E-state index contributed by atoms with van der Waals surface area (Å²) < 4.78 is 0. The van der Waals surface area contributed by atoms with Crippen molar-refractivity contribution in [2.24, 2.45) is 0 Å². The molecule has 0 fully saturated rings. The van der Waals surface area contributed by atoms with E-state index < -0.39 is 0 Å². The summed E-state index contributed by atoms with van der Waals surface area (Å²) >= 11 is 0. The highest BCUT2D eigenvalue weighted by Crippen LogP contribution is 2.29. The number of aromatic amines is 1. The van der Waals surface area contributed by atoms with Gasteiger partial charge in [-0.15, -0.1) is 0 Å². The van der Waals surface area contributed by atoms with Crippen molar-refractivity contribution in [2.75, 3.05) is 0 Å². The van der Waals surface area contributed by atoms with Gasteiger partial charge in [0.05, 0.1) is 11.0 Å². The topological polar surface area (TPSA) is 45.8 Å². The molecule has 18 heavy (non-hydrogen) atoms. The molecule has 0 unspecified atom stereocenters. The van der Waals surface area contributed by atoms with Gasteiger partial charge in [0.25, 0.3) is 5.56 Å². The van der Waals surface area contributed by atoms with Gasteiger partial charge in [-0.25, -0.2) is 0 Å². The number of H-pyrrole nitrogens is 1. The Bertz CT molecular complexity index is 833. The average molecular weight is 236 g/mol. The van der Waals surface area contributed by atoms with Crippen LogP contribution in [0.25, 0.3) is 21.8 Å². The first kappa shape index (κ1) is 9.83. The predicted molar refractivity (Wildman–Crippen MR) is 71.9 cm³/mol. The second-order valence-corrected chi connectivity index (χ2v) is 4.83. The summed E-state index contributed by atoms with van der Waals surface area (Å²) in [4.78, 5) is 19.5. The summed E-state index contributed by atoms with van der Waals surface area (Å²) in [6, 6.07) is 8.13. The molecule has 0 saturated heterocycles. The molecule has 1 aliphatic carbocycles. The number of hydrogen-bond donors (Lipinski definition) is 1. The molecule has 0 bridgehead atoms. The van der Waals surface area contributed by atoms with Crippen LogP contribution in [0.5, 0.6) is 0 Å². The maximum atomic E-state index is 12.1. The van der Waals surface area contributed by atoms with Crippen molar-refractivity contribution in [3.8, 4) is 0 Å². The normalized spacial score (nSPS) is 14.2. The van der Waals surface area contributed by atoms with E-state index in [4.69, 9.17) is 0 Å². The van der Waals surface area contributed by atoms with Crippen molar-refractivity contribution in [3.05, 3.63) is 51.9 Å². The zero-order chi connectivity index (χ0) is 12.1. The molecule has 0 atom stereocenters. The van der Waals surface area contributed by atoms with Gasteiger partial charge in [-0.2, -0.15) is 0 Å². The zero-order valence-corrected chi connectivity index (χ0v) is 9.86. The Morgan fingerprint density at radius 1 is 1.11 bits per heavy atom. The molecule has 0 amide bonds. The molecule has 0 radical (unpaired) electrons. The van der Waals surface area contributed by atoms with Crippen LogP contribution in [0.4, 0.5) is 0 Å². The lowest BCUT2D eigenvalue weighted by Crippen LogP contribution is -2.12. The van der Waals surface area contributed by atoms with Gasteiger partial charge in [0, 0.05) is 22.5 Å². The van der Waals surface area contributed by atoms with Crippen LogP contribution in [-0.2, 0) is 12.8 Å². The molecule has 3 aromatic rings. The van der Waals surface area contributed by atoms with Crippen molar-refractivity contribution in [2.45, 2.75) is 19.3 Å². The Morgan fingerprint density at radius 3 is 2.94 bits per heavy atom. The Hall–Kier alpha value is -2.16. The predicted octanol–water partition coefficient (Wildman–Crippen LogP) is 2.57. The fourth-order valence-corrected chi connectivity index (χ4v) is 3.00. The third kappa shape index (κ3) is 1.19. The summed E-state index contributed by atoms with van der Waals surface area (Å²) in [5, 5.41) is 2.23. The lowest BCUT2D eigenvalue weighted by atomic mass is 10.0. The monoisotopic (exact) mass is 236 g/mol. The summed E-state index contributed by atoms with van der Waals surface area (Å²) in [6.07, 6.45) is 4.76. The van der Waals surface area contributed by atoms with E-state index in [2.05, 4.69) is 22.1 Å². The van der Waals surface area contributed by atoms with E-state index in [-0.39, 0.29) is 5.56 Å². The van der Waals surface area contributed by atoms with E-state index in [1.54, 1.807) is 6.20 Å². The van der Waals surface area contributed by atoms with Crippen molar-refractivity contribution in [1.29, 1.82) is 0 Å². The lowest BCUT2D eigenvalue weighted by molar-refractivity contribution is 0.909. The van der Waals surface area contributed by atoms with Crippen LogP contribution in [0, 0.1) is 0 Å². The minimum atomic E-state index is 0.0631. The molecule has 2 heterocycles. The maximum Gasteiger partial charge on any atom is 0.251 e. The molecule has 1 aliphatic rings. The van der Waals surface area contributed by atoms with Crippen LogP contribution < -0.4 is 5.56 Å². The first-order valence-electron chi connectivity index (χ1n) is 6.26. The van der Waals surface area contributed by atoms with Crippen LogP contribution in [0.15, 0.2) is 35.3 Å². The maximum absolute atomic E-state index is 12.1. The van der Waals surface area contributed by atoms with Gasteiger partial charge < -0.3 is 4.98 Å². The Balaban J connectivity index is 2.28. The molecule has 3 heteroatoms. The molecule has 88 valence electrons. The van der Waals surface area contributed by atoms with Gasteiger partial charge in [-0.1, -0.05) is 18.2 Å². The largest absolute Gasteiger partial charge is 0.320 e. The smallest absolute Gasteiger partial charge is 0.251 e. The van der Waals surface area contributed by atoms with Crippen LogP contribution in [0.2, 0.25) is 0 Å². The molecule has 4 rings (SSSR count). The van der Waals surface area contributed by atoms with E-state index in [1.807, 2.05) is 12.1 Å². The van der Waals surface area contributed by atoms with Gasteiger partial charge in [-0.3, -0.25) is 9.78 Å². The highest BCUT2D eigenvalue weighted by molar-refractivity contribution is 6.04. The van der Waals surface area contributed by atoms with Gasteiger partial charge in [0.2, 0.25) is 0 Å². The van der Waals surface area contributed by atoms with E-state index >= 15 is 0 Å². The molecular weight excluding hydrogens is 224 g/mol. The average Bonchev–Trinajstić information content (AvgIpc) is 2.89. The van der Waals surface area contributed by atoms with Crippen LogP contribution in [0.1, 0.15) is 17.5 Å². The van der Waals surface area contributed by atoms with Crippen molar-refractivity contribution in [3.63, 3.8) is 0 Å². The second kappa shape index (κ2) is 3.42. The molecule has 0 spiro atoms. The lowest BCUT2D eigenvalue weighted by Gasteiger charge is -2.07. The first-order chi connectivity index (χ1) is 8.84. The molecule has 1 aromatic carbocycles. The molecule has 2 aromatic heterocycles.